The number of hydrogen-bond acceptors (Lipinski definition) is 5. The number of ether oxygens (including phenoxy) is 1. The molecule has 0 aliphatic carbocycles. The van der Waals surface area contributed by atoms with E-state index in [0.29, 0.717) is 5.69 Å². The van der Waals surface area contributed by atoms with Gasteiger partial charge >= 0.3 is 11.9 Å². The van der Waals surface area contributed by atoms with Gasteiger partial charge in [0.25, 0.3) is 0 Å². The van der Waals surface area contributed by atoms with Gasteiger partial charge in [0.15, 0.2) is 5.82 Å². The first-order valence-corrected chi connectivity index (χ1v) is 5.69. The monoisotopic (exact) mass is 269 g/mol. The lowest BCUT2D eigenvalue weighted by atomic mass is 10.2. The number of aliphatic carboxylic acids is 1. The van der Waals surface area contributed by atoms with Crippen LogP contribution in [-0.4, -0.2) is 39.8 Å². The molecule has 0 aliphatic heterocycles. The molecule has 1 rings (SSSR count). The Bertz CT molecular complexity index is 495. The Morgan fingerprint density at radius 2 is 2.05 bits per heavy atom. The SMILES string of the molecule is CCOC(=O)c1c(NC(=O)CCC(=O)O)n[nH]c1C. The van der Waals surface area contributed by atoms with E-state index in [4.69, 9.17) is 9.84 Å². The Kier molecular flexibility index (Phi) is 5.04. The molecule has 0 radical (unpaired) electrons. The molecule has 0 saturated carbocycles. The Balaban J connectivity index is 2.76. The van der Waals surface area contributed by atoms with Crippen LogP contribution >= 0.6 is 0 Å². The molecule has 0 saturated heterocycles. The van der Waals surface area contributed by atoms with Crippen LogP contribution in [0.25, 0.3) is 0 Å². The van der Waals surface area contributed by atoms with Crippen molar-refractivity contribution in [2.45, 2.75) is 26.7 Å². The third-order valence-electron chi connectivity index (χ3n) is 2.25. The van der Waals surface area contributed by atoms with Gasteiger partial charge in [-0.05, 0) is 13.8 Å². The van der Waals surface area contributed by atoms with Crippen molar-refractivity contribution in [1.82, 2.24) is 10.2 Å². The number of carboxylic acids is 1. The standard InChI is InChI=1S/C11H15N3O5/c1-3-19-11(18)9-6(2)13-14-10(9)12-7(15)4-5-8(16)17/h3-5H2,1-2H3,(H,16,17)(H2,12,13,14,15). The summed E-state index contributed by atoms with van der Waals surface area (Å²) in [6.45, 7) is 3.49. The number of carbonyl (C=O) groups is 3. The zero-order valence-corrected chi connectivity index (χ0v) is 10.6. The molecule has 0 fully saturated rings. The van der Waals surface area contributed by atoms with E-state index in [0.717, 1.165) is 0 Å². The maximum atomic E-state index is 11.7. The lowest BCUT2D eigenvalue weighted by Crippen LogP contribution is -2.16. The summed E-state index contributed by atoms with van der Waals surface area (Å²) < 4.78 is 4.84. The lowest BCUT2D eigenvalue weighted by molar-refractivity contribution is -0.138. The molecule has 104 valence electrons. The van der Waals surface area contributed by atoms with Gasteiger partial charge in [0.2, 0.25) is 5.91 Å². The highest BCUT2D eigenvalue weighted by atomic mass is 16.5. The number of aromatic amines is 1. The minimum Gasteiger partial charge on any atom is -0.481 e. The van der Waals surface area contributed by atoms with Gasteiger partial charge in [-0.25, -0.2) is 4.79 Å². The number of hydrogen-bond donors (Lipinski definition) is 3. The van der Waals surface area contributed by atoms with Gasteiger partial charge < -0.3 is 15.2 Å². The summed E-state index contributed by atoms with van der Waals surface area (Å²) in [6.07, 6.45) is -0.479. The molecular formula is C11H15N3O5. The minimum absolute atomic E-state index is 0.0475. The summed E-state index contributed by atoms with van der Waals surface area (Å²) in [5.74, 6) is -2.15. The molecule has 0 bridgehead atoms. The average Bonchev–Trinajstić information content (AvgIpc) is 2.68. The van der Waals surface area contributed by atoms with Gasteiger partial charge in [0.05, 0.1) is 13.0 Å². The van der Waals surface area contributed by atoms with Crippen LogP contribution in [0.15, 0.2) is 0 Å². The number of aromatic nitrogens is 2. The highest BCUT2D eigenvalue weighted by molar-refractivity contribution is 6.01. The first-order valence-electron chi connectivity index (χ1n) is 5.69. The second-order valence-corrected chi connectivity index (χ2v) is 3.73. The molecule has 0 atom stereocenters. The van der Waals surface area contributed by atoms with Crippen LogP contribution in [0.2, 0.25) is 0 Å². The van der Waals surface area contributed by atoms with Crippen LogP contribution in [0.1, 0.15) is 35.8 Å². The third kappa shape index (κ3) is 4.09. The Morgan fingerprint density at radius 1 is 1.37 bits per heavy atom. The van der Waals surface area contributed by atoms with Crippen LogP contribution in [0.3, 0.4) is 0 Å². The van der Waals surface area contributed by atoms with Gasteiger partial charge in [-0.1, -0.05) is 0 Å². The van der Waals surface area contributed by atoms with E-state index < -0.39 is 17.8 Å². The molecule has 0 unspecified atom stereocenters. The van der Waals surface area contributed by atoms with E-state index in [2.05, 4.69) is 15.5 Å². The van der Waals surface area contributed by atoms with Crippen LogP contribution in [0.4, 0.5) is 5.82 Å². The van der Waals surface area contributed by atoms with E-state index in [1.807, 2.05) is 0 Å². The second-order valence-electron chi connectivity index (χ2n) is 3.73. The quantitative estimate of drug-likeness (QED) is 0.653. The highest BCUT2D eigenvalue weighted by Gasteiger charge is 2.20. The van der Waals surface area contributed by atoms with E-state index >= 15 is 0 Å². The lowest BCUT2D eigenvalue weighted by Gasteiger charge is -2.05. The molecule has 19 heavy (non-hydrogen) atoms. The summed E-state index contributed by atoms with van der Waals surface area (Å²) >= 11 is 0. The number of amides is 1. The van der Waals surface area contributed by atoms with Gasteiger partial charge in [-0.2, -0.15) is 5.10 Å². The fourth-order valence-corrected chi connectivity index (χ4v) is 1.39. The molecule has 1 aromatic rings. The topological polar surface area (TPSA) is 121 Å². The predicted octanol–water partition coefficient (Wildman–Crippen LogP) is 0.698. The number of rotatable bonds is 6. The van der Waals surface area contributed by atoms with Crippen molar-refractivity contribution in [2.75, 3.05) is 11.9 Å². The van der Waals surface area contributed by atoms with Crippen molar-refractivity contribution in [2.24, 2.45) is 0 Å². The van der Waals surface area contributed by atoms with Crippen molar-refractivity contribution >= 4 is 23.7 Å². The number of H-pyrrole nitrogens is 1. The van der Waals surface area contributed by atoms with Crippen LogP contribution < -0.4 is 5.32 Å². The zero-order valence-electron chi connectivity index (χ0n) is 10.6. The molecule has 8 nitrogen and oxygen atoms in total. The first kappa shape index (κ1) is 14.7. The Hall–Kier alpha value is -2.38. The maximum Gasteiger partial charge on any atom is 0.343 e. The molecular weight excluding hydrogens is 254 g/mol. The molecule has 0 aliphatic rings. The number of nitrogens with zero attached hydrogens (tertiary/aromatic N) is 1. The molecule has 3 N–H and O–H groups in total. The van der Waals surface area contributed by atoms with Crippen LogP contribution in [0.5, 0.6) is 0 Å². The maximum absolute atomic E-state index is 11.7. The summed E-state index contributed by atoms with van der Waals surface area (Å²) in [7, 11) is 0. The number of carbonyl (C=O) groups excluding carboxylic acids is 2. The molecule has 1 heterocycles. The summed E-state index contributed by atoms with van der Waals surface area (Å²) in [4.78, 5) is 33.5. The van der Waals surface area contributed by atoms with Crippen molar-refractivity contribution in [3.8, 4) is 0 Å². The van der Waals surface area contributed by atoms with Crippen molar-refractivity contribution < 1.29 is 24.2 Å². The van der Waals surface area contributed by atoms with E-state index in [9.17, 15) is 14.4 Å². The normalized spacial score (nSPS) is 10.0. The van der Waals surface area contributed by atoms with Gasteiger partial charge in [-0.3, -0.25) is 14.7 Å². The van der Waals surface area contributed by atoms with Crippen LogP contribution in [-0.2, 0) is 14.3 Å². The Labute approximate surface area is 109 Å². The summed E-state index contributed by atoms with van der Waals surface area (Å²) in [6, 6.07) is 0. The fourth-order valence-electron chi connectivity index (χ4n) is 1.39. The van der Waals surface area contributed by atoms with E-state index in [1.165, 1.54) is 0 Å². The minimum atomic E-state index is -1.07. The third-order valence-corrected chi connectivity index (χ3v) is 2.25. The first-order chi connectivity index (χ1) is 8.95. The average molecular weight is 269 g/mol. The van der Waals surface area contributed by atoms with Crippen molar-refractivity contribution in [1.29, 1.82) is 0 Å². The molecule has 1 amide bonds. The van der Waals surface area contributed by atoms with E-state index in [1.54, 1.807) is 13.8 Å². The van der Waals surface area contributed by atoms with Crippen molar-refractivity contribution in [3.05, 3.63) is 11.3 Å². The number of carboxylic acid groups (broad SMARTS) is 1. The molecule has 1 aromatic heterocycles. The van der Waals surface area contributed by atoms with Crippen molar-refractivity contribution in [3.63, 3.8) is 0 Å². The summed E-state index contributed by atoms with van der Waals surface area (Å²) in [5, 5.41) is 17.2. The van der Waals surface area contributed by atoms with Crippen LogP contribution in [0, 0.1) is 6.92 Å². The van der Waals surface area contributed by atoms with Gasteiger partial charge in [0, 0.05) is 12.1 Å². The molecule has 0 aromatic carbocycles. The largest absolute Gasteiger partial charge is 0.481 e. The number of nitrogens with one attached hydrogen (secondary N) is 2. The predicted molar refractivity (Wildman–Crippen MR) is 64.8 cm³/mol. The fraction of sp³-hybridized carbons (Fsp3) is 0.455. The number of aryl methyl sites for hydroxylation is 1. The van der Waals surface area contributed by atoms with Gasteiger partial charge in [-0.15, -0.1) is 0 Å². The number of esters is 1. The highest BCUT2D eigenvalue weighted by Crippen LogP contribution is 2.17. The second kappa shape index (κ2) is 6.53. The summed E-state index contributed by atoms with van der Waals surface area (Å²) in [5.41, 5.74) is 0.609. The van der Waals surface area contributed by atoms with E-state index in [-0.39, 0.29) is 30.8 Å². The zero-order chi connectivity index (χ0) is 14.4. The Morgan fingerprint density at radius 3 is 2.63 bits per heavy atom. The molecule has 0 spiro atoms. The van der Waals surface area contributed by atoms with Gasteiger partial charge in [0.1, 0.15) is 5.56 Å². The number of anilines is 1. The molecule has 8 heteroatoms. The smallest absolute Gasteiger partial charge is 0.343 e.